The van der Waals surface area contributed by atoms with Crippen LogP contribution in [0.5, 0.6) is 0 Å². The first kappa shape index (κ1) is 10.5. The van der Waals surface area contributed by atoms with E-state index in [1.807, 2.05) is 11.8 Å². The fourth-order valence-corrected chi connectivity index (χ4v) is 1.46. The summed E-state index contributed by atoms with van der Waals surface area (Å²) in [6.45, 7) is 4.45. The zero-order valence-corrected chi connectivity index (χ0v) is 8.28. The van der Waals surface area contributed by atoms with Gasteiger partial charge in [-0.1, -0.05) is 6.92 Å². The zero-order chi connectivity index (χ0) is 9.68. The number of morpholine rings is 1. The summed E-state index contributed by atoms with van der Waals surface area (Å²) < 4.78 is 10.4. The highest BCUT2D eigenvalue weighted by atomic mass is 16.5. The Balaban J connectivity index is 2.37. The average molecular weight is 187 g/mol. The fraction of sp³-hybridized carbons (Fsp3) is 0.889. The molecule has 0 unspecified atom stereocenters. The molecule has 4 heteroatoms. The molecule has 4 nitrogen and oxygen atoms in total. The molecule has 0 radical (unpaired) electrons. The van der Waals surface area contributed by atoms with Crippen molar-refractivity contribution in [1.82, 2.24) is 4.90 Å². The van der Waals surface area contributed by atoms with Gasteiger partial charge in [-0.25, -0.2) is 0 Å². The van der Waals surface area contributed by atoms with Crippen LogP contribution >= 0.6 is 0 Å². The predicted octanol–water partition coefficient (Wildman–Crippen LogP) is 0.270. The van der Waals surface area contributed by atoms with E-state index in [1.54, 1.807) is 7.11 Å². The number of hydrogen-bond donors (Lipinski definition) is 0. The fourth-order valence-electron chi connectivity index (χ4n) is 1.46. The standard InChI is InChI=1S/C9H17NO3/c1-3-9(11)10-4-5-13-8(6-10)7-12-2/h8H,3-7H2,1-2H3/t8-/m1/s1. The minimum absolute atomic E-state index is 0.0502. The normalized spacial score (nSPS) is 23.2. The monoisotopic (exact) mass is 187 g/mol. The number of rotatable bonds is 3. The molecule has 0 aromatic carbocycles. The molecule has 1 amide bonds. The molecule has 13 heavy (non-hydrogen) atoms. The van der Waals surface area contributed by atoms with Gasteiger partial charge in [0.1, 0.15) is 0 Å². The lowest BCUT2D eigenvalue weighted by Gasteiger charge is -2.32. The average Bonchev–Trinajstić information content (AvgIpc) is 2.18. The van der Waals surface area contributed by atoms with E-state index in [-0.39, 0.29) is 12.0 Å². The third kappa shape index (κ3) is 2.97. The highest BCUT2D eigenvalue weighted by Gasteiger charge is 2.22. The quantitative estimate of drug-likeness (QED) is 0.636. The van der Waals surface area contributed by atoms with E-state index >= 15 is 0 Å². The van der Waals surface area contributed by atoms with Crippen LogP contribution in [0.2, 0.25) is 0 Å². The van der Waals surface area contributed by atoms with Crippen LogP contribution in [0.3, 0.4) is 0 Å². The SMILES string of the molecule is CCC(=O)N1CCO[C@@H](COC)C1. The lowest BCUT2D eigenvalue weighted by Crippen LogP contribution is -2.46. The van der Waals surface area contributed by atoms with Crippen LogP contribution in [0.4, 0.5) is 0 Å². The summed E-state index contributed by atoms with van der Waals surface area (Å²) in [6.07, 6.45) is 0.619. The summed E-state index contributed by atoms with van der Waals surface area (Å²) >= 11 is 0. The number of methoxy groups -OCH3 is 1. The van der Waals surface area contributed by atoms with Crippen molar-refractivity contribution in [2.24, 2.45) is 0 Å². The molecule has 76 valence electrons. The van der Waals surface area contributed by atoms with E-state index in [1.165, 1.54) is 0 Å². The summed E-state index contributed by atoms with van der Waals surface area (Å²) in [6, 6.07) is 0. The third-order valence-corrected chi connectivity index (χ3v) is 2.15. The minimum Gasteiger partial charge on any atom is -0.382 e. The van der Waals surface area contributed by atoms with Gasteiger partial charge in [-0.15, -0.1) is 0 Å². The number of amides is 1. The maximum atomic E-state index is 11.3. The van der Waals surface area contributed by atoms with Crippen molar-refractivity contribution < 1.29 is 14.3 Å². The van der Waals surface area contributed by atoms with Crippen molar-refractivity contribution in [3.8, 4) is 0 Å². The van der Waals surface area contributed by atoms with Gasteiger partial charge in [0.25, 0.3) is 0 Å². The topological polar surface area (TPSA) is 38.8 Å². The molecule has 0 spiro atoms. The van der Waals surface area contributed by atoms with Gasteiger partial charge in [0, 0.05) is 26.6 Å². The molecule has 0 N–H and O–H groups in total. The van der Waals surface area contributed by atoms with Crippen LogP contribution in [0.1, 0.15) is 13.3 Å². The number of ether oxygens (including phenoxy) is 2. The first-order valence-corrected chi connectivity index (χ1v) is 4.66. The van der Waals surface area contributed by atoms with E-state index in [0.29, 0.717) is 32.7 Å². The van der Waals surface area contributed by atoms with Crippen LogP contribution in [-0.4, -0.2) is 50.3 Å². The molecule has 1 heterocycles. The van der Waals surface area contributed by atoms with Crippen molar-refractivity contribution in [2.45, 2.75) is 19.4 Å². The minimum atomic E-state index is 0.0502. The molecule has 0 aliphatic carbocycles. The van der Waals surface area contributed by atoms with Gasteiger partial charge in [-0.2, -0.15) is 0 Å². The van der Waals surface area contributed by atoms with Crippen LogP contribution in [0.25, 0.3) is 0 Å². The molecular weight excluding hydrogens is 170 g/mol. The lowest BCUT2D eigenvalue weighted by atomic mass is 10.2. The van der Waals surface area contributed by atoms with Crippen molar-refractivity contribution in [3.63, 3.8) is 0 Å². The van der Waals surface area contributed by atoms with Crippen LogP contribution in [-0.2, 0) is 14.3 Å². The Morgan fingerprint density at radius 3 is 3.08 bits per heavy atom. The van der Waals surface area contributed by atoms with Gasteiger partial charge in [0.15, 0.2) is 0 Å². The van der Waals surface area contributed by atoms with Gasteiger partial charge in [0.2, 0.25) is 5.91 Å². The number of carbonyl (C=O) groups is 1. The van der Waals surface area contributed by atoms with Gasteiger partial charge in [-0.05, 0) is 0 Å². The third-order valence-electron chi connectivity index (χ3n) is 2.15. The Morgan fingerprint density at radius 2 is 2.46 bits per heavy atom. The van der Waals surface area contributed by atoms with E-state index in [9.17, 15) is 4.79 Å². The molecule has 0 aromatic heterocycles. The highest BCUT2D eigenvalue weighted by molar-refractivity contribution is 5.75. The van der Waals surface area contributed by atoms with Gasteiger partial charge >= 0.3 is 0 Å². The van der Waals surface area contributed by atoms with Gasteiger partial charge in [-0.3, -0.25) is 4.79 Å². The Morgan fingerprint density at radius 1 is 1.69 bits per heavy atom. The van der Waals surface area contributed by atoms with E-state index in [2.05, 4.69) is 0 Å². The maximum absolute atomic E-state index is 11.3. The molecule has 1 saturated heterocycles. The maximum Gasteiger partial charge on any atom is 0.222 e. The predicted molar refractivity (Wildman–Crippen MR) is 48.5 cm³/mol. The van der Waals surface area contributed by atoms with Crippen molar-refractivity contribution in [1.29, 1.82) is 0 Å². The van der Waals surface area contributed by atoms with Crippen LogP contribution in [0.15, 0.2) is 0 Å². The Bertz CT molecular complexity index is 170. The summed E-state index contributed by atoms with van der Waals surface area (Å²) in [7, 11) is 1.64. The molecule has 0 bridgehead atoms. The second-order valence-corrected chi connectivity index (χ2v) is 3.14. The second kappa shape index (κ2) is 5.19. The first-order valence-electron chi connectivity index (χ1n) is 4.66. The first-order chi connectivity index (χ1) is 6.27. The number of hydrogen-bond acceptors (Lipinski definition) is 3. The highest BCUT2D eigenvalue weighted by Crippen LogP contribution is 2.06. The summed E-state index contributed by atoms with van der Waals surface area (Å²) in [5, 5.41) is 0. The smallest absolute Gasteiger partial charge is 0.222 e. The molecule has 1 fully saturated rings. The van der Waals surface area contributed by atoms with Crippen LogP contribution < -0.4 is 0 Å². The summed E-state index contributed by atoms with van der Waals surface area (Å²) in [5.41, 5.74) is 0. The molecule has 0 aromatic rings. The van der Waals surface area contributed by atoms with Crippen molar-refractivity contribution in [3.05, 3.63) is 0 Å². The Hall–Kier alpha value is -0.610. The molecule has 1 atom stereocenters. The molecule has 0 saturated carbocycles. The van der Waals surface area contributed by atoms with Gasteiger partial charge < -0.3 is 14.4 Å². The van der Waals surface area contributed by atoms with E-state index in [0.717, 1.165) is 0 Å². The van der Waals surface area contributed by atoms with Gasteiger partial charge in [0.05, 0.1) is 19.3 Å². The van der Waals surface area contributed by atoms with E-state index < -0.39 is 0 Å². The molecule has 1 aliphatic rings. The molecular formula is C9H17NO3. The van der Waals surface area contributed by atoms with E-state index in [4.69, 9.17) is 9.47 Å². The second-order valence-electron chi connectivity index (χ2n) is 3.14. The molecule has 1 aliphatic heterocycles. The van der Waals surface area contributed by atoms with Crippen LogP contribution in [0, 0.1) is 0 Å². The number of nitrogens with zero attached hydrogens (tertiary/aromatic N) is 1. The lowest BCUT2D eigenvalue weighted by molar-refractivity contribution is -0.140. The molecule has 1 rings (SSSR count). The Kier molecular flexibility index (Phi) is 4.18. The largest absolute Gasteiger partial charge is 0.382 e. The zero-order valence-electron chi connectivity index (χ0n) is 8.28. The summed E-state index contributed by atoms with van der Waals surface area (Å²) in [4.78, 5) is 13.2. The Labute approximate surface area is 78.8 Å². The number of carbonyl (C=O) groups excluding carboxylic acids is 1. The van der Waals surface area contributed by atoms with Crippen molar-refractivity contribution >= 4 is 5.91 Å². The van der Waals surface area contributed by atoms with Crippen molar-refractivity contribution in [2.75, 3.05) is 33.4 Å². The summed E-state index contributed by atoms with van der Waals surface area (Å²) in [5.74, 6) is 0.199.